The van der Waals surface area contributed by atoms with Crippen molar-refractivity contribution in [2.45, 2.75) is 32.5 Å². The fourth-order valence-corrected chi connectivity index (χ4v) is 2.72. The molecule has 0 bridgehead atoms. The fourth-order valence-electron chi connectivity index (χ4n) is 2.72. The molecular formula is C20H20N2O3. The first kappa shape index (κ1) is 16.8. The molecular weight excluding hydrogens is 316 g/mol. The van der Waals surface area contributed by atoms with Gasteiger partial charge in [-0.3, -0.25) is 4.79 Å². The Kier molecular flexibility index (Phi) is 4.90. The van der Waals surface area contributed by atoms with Crippen molar-refractivity contribution >= 4 is 5.91 Å². The number of nitriles is 1. The summed E-state index contributed by atoms with van der Waals surface area (Å²) >= 11 is 0. The first-order valence-electron chi connectivity index (χ1n) is 8.26. The van der Waals surface area contributed by atoms with Crippen LogP contribution in [-0.2, 0) is 11.3 Å². The quantitative estimate of drug-likeness (QED) is 0.860. The molecule has 128 valence electrons. The minimum Gasteiger partial charge on any atom is -0.485 e. The number of ether oxygens (including phenoxy) is 2. The van der Waals surface area contributed by atoms with Crippen LogP contribution in [0.2, 0.25) is 0 Å². The highest BCUT2D eigenvalue weighted by Gasteiger charge is 2.32. The number of carbonyl (C=O) groups is 1. The molecule has 0 saturated carbocycles. The highest BCUT2D eigenvalue weighted by Crippen LogP contribution is 2.31. The van der Waals surface area contributed by atoms with Crippen LogP contribution in [-0.4, -0.2) is 29.6 Å². The first-order chi connectivity index (χ1) is 12.1. The Labute approximate surface area is 147 Å². The molecule has 5 heteroatoms. The third-order valence-corrected chi connectivity index (χ3v) is 4.13. The molecule has 2 aromatic rings. The molecule has 0 aliphatic carbocycles. The Morgan fingerprint density at radius 3 is 2.52 bits per heavy atom. The molecule has 0 radical (unpaired) electrons. The number of amides is 1. The average Bonchev–Trinajstić information content (AvgIpc) is 2.65. The van der Waals surface area contributed by atoms with Gasteiger partial charge >= 0.3 is 0 Å². The molecule has 1 amide bonds. The van der Waals surface area contributed by atoms with Gasteiger partial charge < -0.3 is 14.4 Å². The molecule has 0 N–H and O–H groups in total. The van der Waals surface area contributed by atoms with Crippen LogP contribution in [0.3, 0.4) is 0 Å². The molecule has 5 nitrogen and oxygen atoms in total. The van der Waals surface area contributed by atoms with E-state index < -0.39 is 6.10 Å². The van der Waals surface area contributed by atoms with Gasteiger partial charge in [0.2, 0.25) is 6.10 Å². The zero-order chi connectivity index (χ0) is 17.8. The van der Waals surface area contributed by atoms with E-state index in [0.717, 1.165) is 5.56 Å². The lowest BCUT2D eigenvalue weighted by atomic mass is 10.1. The molecule has 0 fully saturated rings. The molecule has 1 aliphatic rings. The molecule has 1 unspecified atom stereocenters. The van der Waals surface area contributed by atoms with Gasteiger partial charge in [0.1, 0.15) is 6.61 Å². The van der Waals surface area contributed by atoms with Crippen molar-refractivity contribution in [2.24, 2.45) is 0 Å². The lowest BCUT2D eigenvalue weighted by Crippen LogP contribution is -2.48. The van der Waals surface area contributed by atoms with Crippen molar-refractivity contribution in [3.05, 3.63) is 59.7 Å². The van der Waals surface area contributed by atoms with Gasteiger partial charge in [0.05, 0.1) is 11.6 Å². The number of para-hydroxylation sites is 2. The second-order valence-electron chi connectivity index (χ2n) is 6.23. The summed E-state index contributed by atoms with van der Waals surface area (Å²) < 4.78 is 11.5. The molecule has 0 spiro atoms. The summed E-state index contributed by atoms with van der Waals surface area (Å²) in [4.78, 5) is 14.7. The van der Waals surface area contributed by atoms with E-state index in [2.05, 4.69) is 6.07 Å². The zero-order valence-electron chi connectivity index (χ0n) is 14.3. The lowest BCUT2D eigenvalue weighted by molar-refractivity contribution is -0.143. The van der Waals surface area contributed by atoms with Gasteiger partial charge in [0.15, 0.2) is 11.5 Å². The number of fused-ring (bicyclic) bond motifs is 1. The number of hydrogen-bond acceptors (Lipinski definition) is 4. The monoisotopic (exact) mass is 336 g/mol. The van der Waals surface area contributed by atoms with Crippen molar-refractivity contribution in [2.75, 3.05) is 6.61 Å². The third-order valence-electron chi connectivity index (χ3n) is 4.13. The smallest absolute Gasteiger partial charge is 0.267 e. The Morgan fingerprint density at radius 2 is 1.88 bits per heavy atom. The summed E-state index contributed by atoms with van der Waals surface area (Å²) in [6.45, 7) is 4.61. The molecule has 3 rings (SSSR count). The van der Waals surface area contributed by atoms with Crippen molar-refractivity contribution in [1.29, 1.82) is 5.26 Å². The lowest BCUT2D eigenvalue weighted by Gasteiger charge is -2.33. The summed E-state index contributed by atoms with van der Waals surface area (Å²) in [7, 11) is 0. The highest BCUT2D eigenvalue weighted by atomic mass is 16.6. The predicted molar refractivity (Wildman–Crippen MR) is 93.2 cm³/mol. The Balaban J connectivity index is 1.74. The second-order valence-corrected chi connectivity index (χ2v) is 6.23. The number of nitrogens with zero attached hydrogens (tertiary/aromatic N) is 2. The standard InChI is InChI=1S/C20H20N2O3/c1-14(2)22(12-16-9-7-15(11-21)8-10-16)20(23)19-13-24-17-5-3-4-6-18(17)25-19/h3-10,14,19H,12-13H2,1-2H3. The predicted octanol–water partition coefficient (Wildman–Crippen LogP) is 3.14. The topological polar surface area (TPSA) is 62.6 Å². The molecule has 2 aromatic carbocycles. The maximum atomic E-state index is 12.9. The number of benzene rings is 2. The van der Waals surface area contributed by atoms with E-state index in [1.807, 2.05) is 44.2 Å². The van der Waals surface area contributed by atoms with E-state index in [9.17, 15) is 4.79 Å². The van der Waals surface area contributed by atoms with Gasteiger partial charge in [0, 0.05) is 12.6 Å². The summed E-state index contributed by atoms with van der Waals surface area (Å²) in [6.07, 6.45) is -0.657. The van der Waals surface area contributed by atoms with Crippen LogP contribution in [0.1, 0.15) is 25.0 Å². The summed E-state index contributed by atoms with van der Waals surface area (Å²) in [5.74, 6) is 1.15. The van der Waals surface area contributed by atoms with Gasteiger partial charge in [-0.25, -0.2) is 0 Å². The minimum absolute atomic E-state index is 0.0175. The van der Waals surface area contributed by atoms with E-state index in [0.29, 0.717) is 23.6 Å². The van der Waals surface area contributed by atoms with Gasteiger partial charge in [-0.1, -0.05) is 24.3 Å². The SMILES string of the molecule is CC(C)N(Cc1ccc(C#N)cc1)C(=O)C1COc2ccccc2O1. The Morgan fingerprint density at radius 1 is 1.20 bits per heavy atom. The van der Waals surface area contributed by atoms with E-state index in [-0.39, 0.29) is 18.6 Å². The normalized spacial score (nSPS) is 15.5. The van der Waals surface area contributed by atoms with E-state index >= 15 is 0 Å². The molecule has 1 aliphatic heterocycles. The number of carbonyl (C=O) groups excluding carboxylic acids is 1. The van der Waals surface area contributed by atoms with Crippen LogP contribution in [0.25, 0.3) is 0 Å². The number of hydrogen-bond donors (Lipinski definition) is 0. The fraction of sp³-hybridized carbons (Fsp3) is 0.300. The van der Waals surface area contributed by atoms with E-state index in [1.54, 1.807) is 23.1 Å². The summed E-state index contributed by atoms with van der Waals surface area (Å²) in [5.41, 5.74) is 1.57. The second kappa shape index (κ2) is 7.27. The van der Waals surface area contributed by atoms with Crippen molar-refractivity contribution < 1.29 is 14.3 Å². The summed E-state index contributed by atoms with van der Waals surface area (Å²) in [6, 6.07) is 16.7. The molecule has 1 atom stereocenters. The summed E-state index contributed by atoms with van der Waals surface area (Å²) in [5, 5.41) is 8.89. The first-order valence-corrected chi connectivity index (χ1v) is 8.26. The Hall–Kier alpha value is -3.00. The van der Waals surface area contributed by atoms with Crippen LogP contribution in [0.15, 0.2) is 48.5 Å². The molecule has 25 heavy (non-hydrogen) atoms. The van der Waals surface area contributed by atoms with Crippen molar-refractivity contribution in [3.63, 3.8) is 0 Å². The average molecular weight is 336 g/mol. The largest absolute Gasteiger partial charge is 0.485 e. The van der Waals surface area contributed by atoms with Crippen molar-refractivity contribution in [1.82, 2.24) is 4.90 Å². The zero-order valence-corrected chi connectivity index (χ0v) is 14.3. The Bertz CT molecular complexity index is 793. The van der Waals surface area contributed by atoms with Crippen LogP contribution in [0.4, 0.5) is 0 Å². The maximum Gasteiger partial charge on any atom is 0.267 e. The van der Waals surface area contributed by atoms with Crippen LogP contribution in [0.5, 0.6) is 11.5 Å². The highest BCUT2D eigenvalue weighted by molar-refractivity contribution is 5.82. The van der Waals surface area contributed by atoms with Crippen LogP contribution < -0.4 is 9.47 Å². The van der Waals surface area contributed by atoms with E-state index in [4.69, 9.17) is 14.7 Å². The van der Waals surface area contributed by atoms with Gasteiger partial charge in [-0.05, 0) is 43.7 Å². The third kappa shape index (κ3) is 3.74. The minimum atomic E-state index is -0.657. The maximum absolute atomic E-state index is 12.9. The van der Waals surface area contributed by atoms with Crippen LogP contribution >= 0.6 is 0 Å². The molecule has 0 aromatic heterocycles. The van der Waals surface area contributed by atoms with Crippen molar-refractivity contribution in [3.8, 4) is 17.6 Å². The molecule has 0 saturated heterocycles. The number of rotatable bonds is 4. The van der Waals surface area contributed by atoms with Gasteiger partial charge in [-0.2, -0.15) is 5.26 Å². The van der Waals surface area contributed by atoms with Crippen LogP contribution in [0, 0.1) is 11.3 Å². The van der Waals surface area contributed by atoms with Gasteiger partial charge in [-0.15, -0.1) is 0 Å². The van der Waals surface area contributed by atoms with Gasteiger partial charge in [0.25, 0.3) is 5.91 Å². The van der Waals surface area contributed by atoms with E-state index in [1.165, 1.54) is 0 Å². The molecule has 1 heterocycles.